The lowest BCUT2D eigenvalue weighted by Gasteiger charge is -2.17. The Morgan fingerprint density at radius 1 is 1.23 bits per heavy atom. The van der Waals surface area contributed by atoms with E-state index in [1.54, 1.807) is 37.1 Å². The monoisotopic (exact) mass is 315 g/mol. The highest BCUT2D eigenvalue weighted by atomic mass is 32.2. The molecule has 0 bridgehead atoms. The number of hydrogen-bond acceptors (Lipinski definition) is 4. The fourth-order valence-corrected chi connectivity index (χ4v) is 2.49. The maximum Gasteiger partial charge on any atom is 0.255 e. The van der Waals surface area contributed by atoms with Crippen LogP contribution in [0.2, 0.25) is 0 Å². The first-order valence-electron chi connectivity index (χ1n) is 6.70. The Morgan fingerprint density at radius 3 is 2.68 bits per heavy atom. The summed E-state index contributed by atoms with van der Waals surface area (Å²) in [4.78, 5) is 30.5. The molecular formula is C16H17N3O2S. The fourth-order valence-electron chi connectivity index (χ4n) is 1.93. The van der Waals surface area contributed by atoms with Crippen LogP contribution in [0, 0.1) is 0 Å². The number of nitrogens with zero attached hydrogens (tertiary/aromatic N) is 2. The summed E-state index contributed by atoms with van der Waals surface area (Å²) in [6, 6.07) is 10.9. The van der Waals surface area contributed by atoms with Gasteiger partial charge in [0.25, 0.3) is 5.91 Å². The predicted molar refractivity (Wildman–Crippen MR) is 88.1 cm³/mol. The van der Waals surface area contributed by atoms with Crippen molar-refractivity contribution in [2.75, 3.05) is 25.2 Å². The molecule has 1 heterocycles. The van der Waals surface area contributed by atoms with Gasteiger partial charge in [-0.05, 0) is 30.5 Å². The van der Waals surface area contributed by atoms with E-state index in [4.69, 9.17) is 0 Å². The molecule has 0 fully saturated rings. The van der Waals surface area contributed by atoms with Gasteiger partial charge in [0.1, 0.15) is 0 Å². The Bertz CT molecular complexity index is 661. The van der Waals surface area contributed by atoms with Crippen molar-refractivity contribution in [1.82, 2.24) is 9.88 Å². The van der Waals surface area contributed by atoms with Gasteiger partial charge in [0.05, 0.1) is 17.8 Å². The van der Waals surface area contributed by atoms with Crippen LogP contribution in [0.25, 0.3) is 0 Å². The molecule has 0 aliphatic carbocycles. The van der Waals surface area contributed by atoms with E-state index in [2.05, 4.69) is 10.3 Å². The van der Waals surface area contributed by atoms with Crippen molar-refractivity contribution in [3.63, 3.8) is 0 Å². The van der Waals surface area contributed by atoms with Crippen molar-refractivity contribution in [3.05, 3.63) is 54.4 Å². The van der Waals surface area contributed by atoms with Gasteiger partial charge in [-0.3, -0.25) is 14.6 Å². The van der Waals surface area contributed by atoms with Crippen molar-refractivity contribution < 1.29 is 9.59 Å². The number of anilines is 1. The molecule has 2 rings (SSSR count). The van der Waals surface area contributed by atoms with E-state index in [-0.39, 0.29) is 18.4 Å². The molecule has 2 amide bonds. The van der Waals surface area contributed by atoms with E-state index in [1.807, 2.05) is 30.5 Å². The lowest BCUT2D eigenvalue weighted by Crippen LogP contribution is -2.35. The minimum atomic E-state index is -0.235. The summed E-state index contributed by atoms with van der Waals surface area (Å²) in [7, 11) is 1.59. The summed E-state index contributed by atoms with van der Waals surface area (Å²) in [5, 5.41) is 2.83. The smallest absolute Gasteiger partial charge is 0.255 e. The van der Waals surface area contributed by atoms with Crippen molar-refractivity contribution in [1.29, 1.82) is 0 Å². The molecule has 6 heteroatoms. The molecule has 1 aromatic carbocycles. The predicted octanol–water partition coefficient (Wildman–Crippen LogP) is 2.51. The first-order chi connectivity index (χ1) is 10.6. The molecule has 1 N–H and O–H groups in total. The van der Waals surface area contributed by atoms with Crippen LogP contribution in [-0.4, -0.2) is 41.5 Å². The number of likely N-dealkylation sites (N-methyl/N-ethyl adjacent to an activating group) is 1. The number of nitrogens with one attached hydrogen (secondary N) is 1. The summed E-state index contributed by atoms with van der Waals surface area (Å²) >= 11 is 1.56. The molecule has 22 heavy (non-hydrogen) atoms. The second-order valence-electron chi connectivity index (χ2n) is 4.65. The number of carbonyl (C=O) groups excluding carboxylic acids is 2. The maximum absolute atomic E-state index is 12.2. The number of aromatic nitrogens is 1. The lowest BCUT2D eigenvalue weighted by molar-refractivity contribution is -0.116. The van der Waals surface area contributed by atoms with Gasteiger partial charge >= 0.3 is 0 Å². The third-order valence-electron chi connectivity index (χ3n) is 3.02. The zero-order valence-corrected chi connectivity index (χ0v) is 13.3. The standard InChI is InChI=1S/C16H17N3O2S/c1-19(16(21)12-6-5-9-17-10-12)11-15(20)18-13-7-3-4-8-14(13)22-2/h3-10H,11H2,1-2H3,(H,18,20). The van der Waals surface area contributed by atoms with Crippen LogP contribution in [0.3, 0.4) is 0 Å². The van der Waals surface area contributed by atoms with E-state index in [0.717, 1.165) is 10.6 Å². The average Bonchev–Trinajstić information content (AvgIpc) is 2.55. The average molecular weight is 315 g/mol. The summed E-state index contributed by atoms with van der Waals surface area (Å²) in [5.41, 5.74) is 1.21. The Kier molecular flexibility index (Phi) is 5.55. The molecule has 0 atom stereocenters. The molecule has 0 radical (unpaired) electrons. The third kappa shape index (κ3) is 4.08. The Labute approximate surface area is 133 Å². The number of hydrogen-bond donors (Lipinski definition) is 1. The summed E-state index contributed by atoms with van der Waals surface area (Å²) in [5.74, 6) is -0.470. The van der Waals surface area contributed by atoms with Gasteiger partial charge in [0.2, 0.25) is 5.91 Å². The Hall–Kier alpha value is -2.34. The van der Waals surface area contributed by atoms with Crippen LogP contribution in [0.5, 0.6) is 0 Å². The molecule has 1 aromatic heterocycles. The quantitative estimate of drug-likeness (QED) is 0.861. The van der Waals surface area contributed by atoms with Gasteiger partial charge < -0.3 is 10.2 Å². The number of thioether (sulfide) groups is 1. The van der Waals surface area contributed by atoms with E-state index in [9.17, 15) is 9.59 Å². The van der Waals surface area contributed by atoms with Gasteiger partial charge in [-0.1, -0.05) is 12.1 Å². The highest BCUT2D eigenvalue weighted by Crippen LogP contribution is 2.24. The Balaban J connectivity index is 1.98. The van der Waals surface area contributed by atoms with Crippen molar-refractivity contribution in [3.8, 4) is 0 Å². The third-order valence-corrected chi connectivity index (χ3v) is 3.81. The highest BCUT2D eigenvalue weighted by Gasteiger charge is 2.15. The maximum atomic E-state index is 12.2. The topological polar surface area (TPSA) is 62.3 Å². The highest BCUT2D eigenvalue weighted by molar-refractivity contribution is 7.98. The minimum absolute atomic E-state index is 0.0174. The first-order valence-corrected chi connectivity index (χ1v) is 7.92. The molecule has 5 nitrogen and oxygen atoms in total. The van der Waals surface area contributed by atoms with Crippen molar-refractivity contribution in [2.45, 2.75) is 4.90 Å². The zero-order chi connectivity index (χ0) is 15.9. The van der Waals surface area contributed by atoms with Crippen LogP contribution in [0.15, 0.2) is 53.7 Å². The zero-order valence-electron chi connectivity index (χ0n) is 12.4. The number of amides is 2. The van der Waals surface area contributed by atoms with Crippen LogP contribution < -0.4 is 5.32 Å². The number of carbonyl (C=O) groups is 2. The second kappa shape index (κ2) is 7.61. The lowest BCUT2D eigenvalue weighted by atomic mass is 10.2. The SMILES string of the molecule is CSc1ccccc1NC(=O)CN(C)C(=O)c1cccnc1. The summed E-state index contributed by atoms with van der Waals surface area (Å²) < 4.78 is 0. The molecule has 0 spiro atoms. The largest absolute Gasteiger partial charge is 0.332 e. The van der Waals surface area contributed by atoms with Gasteiger partial charge in [-0.2, -0.15) is 0 Å². The first kappa shape index (κ1) is 16.0. The van der Waals surface area contributed by atoms with Crippen LogP contribution in [0.4, 0.5) is 5.69 Å². The summed E-state index contributed by atoms with van der Waals surface area (Å²) in [6.45, 7) is -0.0174. The van der Waals surface area contributed by atoms with E-state index < -0.39 is 0 Å². The van der Waals surface area contributed by atoms with Crippen molar-refractivity contribution >= 4 is 29.3 Å². The van der Waals surface area contributed by atoms with Gasteiger partial charge in [-0.25, -0.2) is 0 Å². The van der Waals surface area contributed by atoms with Crippen LogP contribution in [-0.2, 0) is 4.79 Å². The van der Waals surface area contributed by atoms with Crippen LogP contribution >= 0.6 is 11.8 Å². The van der Waals surface area contributed by atoms with Gasteiger partial charge in [0.15, 0.2) is 0 Å². The van der Waals surface area contributed by atoms with E-state index >= 15 is 0 Å². The summed E-state index contributed by atoms with van der Waals surface area (Å²) in [6.07, 6.45) is 5.03. The molecular weight excluding hydrogens is 298 g/mol. The number of para-hydroxylation sites is 1. The van der Waals surface area contributed by atoms with Gasteiger partial charge in [-0.15, -0.1) is 11.8 Å². The molecule has 0 saturated heterocycles. The molecule has 0 unspecified atom stereocenters. The fraction of sp³-hybridized carbons (Fsp3) is 0.188. The minimum Gasteiger partial charge on any atom is -0.332 e. The number of rotatable bonds is 5. The normalized spacial score (nSPS) is 10.1. The second-order valence-corrected chi connectivity index (χ2v) is 5.50. The van der Waals surface area contributed by atoms with Gasteiger partial charge in [0, 0.05) is 24.3 Å². The van der Waals surface area contributed by atoms with Crippen LogP contribution in [0.1, 0.15) is 10.4 Å². The molecule has 2 aromatic rings. The molecule has 0 saturated carbocycles. The molecule has 0 aliphatic heterocycles. The van der Waals surface area contributed by atoms with E-state index in [1.165, 1.54) is 11.1 Å². The number of benzene rings is 1. The molecule has 114 valence electrons. The number of pyridine rings is 1. The van der Waals surface area contributed by atoms with Crippen molar-refractivity contribution in [2.24, 2.45) is 0 Å². The van der Waals surface area contributed by atoms with E-state index in [0.29, 0.717) is 5.56 Å². The Morgan fingerprint density at radius 2 is 2.00 bits per heavy atom. The molecule has 0 aliphatic rings.